The Bertz CT molecular complexity index is 484. The third-order valence-electron chi connectivity index (χ3n) is 3.63. The normalized spacial score (nSPS) is 17.8. The van der Waals surface area contributed by atoms with Gasteiger partial charge in [0, 0.05) is 29.9 Å². The third-order valence-corrected chi connectivity index (χ3v) is 3.63. The number of allylic oxidation sites excluding steroid dienone is 1. The number of nitrogens with zero attached hydrogens (tertiary/aromatic N) is 1. The maximum atomic E-state index is 11.8. The Hall–Kier alpha value is -1.57. The molecule has 0 N–H and O–H groups in total. The van der Waals surface area contributed by atoms with Gasteiger partial charge in [0.25, 0.3) is 0 Å². The van der Waals surface area contributed by atoms with E-state index in [-0.39, 0.29) is 11.2 Å². The summed E-state index contributed by atoms with van der Waals surface area (Å²) >= 11 is 0. The average molecular weight is 257 g/mol. The van der Waals surface area contributed by atoms with Crippen LogP contribution in [-0.4, -0.2) is 12.3 Å². The van der Waals surface area contributed by atoms with Crippen LogP contribution >= 0.6 is 0 Å². The Labute approximate surface area is 116 Å². The van der Waals surface area contributed by atoms with Crippen LogP contribution in [0, 0.1) is 5.41 Å². The molecule has 2 nitrogen and oxygen atoms in total. The summed E-state index contributed by atoms with van der Waals surface area (Å²) in [5, 5.41) is 0. The van der Waals surface area contributed by atoms with Gasteiger partial charge >= 0.3 is 0 Å². The molecule has 1 heterocycles. The highest BCUT2D eigenvalue weighted by molar-refractivity contribution is 5.96. The van der Waals surface area contributed by atoms with Crippen molar-refractivity contribution in [3.63, 3.8) is 0 Å². The number of carbonyl (C=O) groups excluding carboxylic acids is 1. The highest BCUT2D eigenvalue weighted by atomic mass is 16.1. The summed E-state index contributed by atoms with van der Waals surface area (Å²) in [6.45, 7) is 11.7. The van der Waals surface area contributed by atoms with Gasteiger partial charge in [-0.1, -0.05) is 27.4 Å². The summed E-state index contributed by atoms with van der Waals surface area (Å²) in [7, 11) is 0. The summed E-state index contributed by atoms with van der Waals surface area (Å²) in [6, 6.07) is 7.95. The number of hydrogen-bond acceptors (Lipinski definition) is 2. The lowest BCUT2D eigenvalue weighted by atomic mass is 9.92. The van der Waals surface area contributed by atoms with Gasteiger partial charge in [0.2, 0.25) is 0 Å². The van der Waals surface area contributed by atoms with Crippen molar-refractivity contribution in [2.45, 2.75) is 40.0 Å². The lowest BCUT2D eigenvalue weighted by Crippen LogP contribution is -2.21. The molecule has 0 bridgehead atoms. The first-order chi connectivity index (χ1) is 8.93. The summed E-state index contributed by atoms with van der Waals surface area (Å²) in [5.74, 6) is 0.231. The van der Waals surface area contributed by atoms with Crippen molar-refractivity contribution in [3.05, 3.63) is 42.1 Å². The molecular formula is C17H23NO. The van der Waals surface area contributed by atoms with E-state index in [0.717, 1.165) is 36.3 Å². The second kappa shape index (κ2) is 5.20. The van der Waals surface area contributed by atoms with Crippen LogP contribution in [0.3, 0.4) is 0 Å². The van der Waals surface area contributed by atoms with Crippen molar-refractivity contribution >= 4 is 11.5 Å². The fraction of sp³-hybridized carbons (Fsp3) is 0.471. The molecule has 1 aromatic rings. The van der Waals surface area contributed by atoms with E-state index in [0.29, 0.717) is 6.42 Å². The maximum absolute atomic E-state index is 11.8. The Kier molecular flexibility index (Phi) is 3.79. The smallest absolute Gasteiger partial charge is 0.162 e. The number of benzene rings is 1. The molecule has 0 radical (unpaired) electrons. The van der Waals surface area contributed by atoms with E-state index in [1.165, 1.54) is 0 Å². The molecule has 0 atom stereocenters. The van der Waals surface area contributed by atoms with Crippen LogP contribution in [0.5, 0.6) is 0 Å². The van der Waals surface area contributed by atoms with E-state index in [9.17, 15) is 4.79 Å². The van der Waals surface area contributed by atoms with E-state index in [1.54, 1.807) is 0 Å². The molecule has 1 saturated heterocycles. The van der Waals surface area contributed by atoms with Crippen molar-refractivity contribution in [2.24, 2.45) is 5.41 Å². The predicted octanol–water partition coefficient (Wildman–Crippen LogP) is 4.42. The van der Waals surface area contributed by atoms with Crippen LogP contribution in [0.15, 0.2) is 36.5 Å². The zero-order valence-electron chi connectivity index (χ0n) is 12.2. The van der Waals surface area contributed by atoms with Gasteiger partial charge in [-0.2, -0.15) is 0 Å². The monoisotopic (exact) mass is 257 g/mol. The second-order valence-corrected chi connectivity index (χ2v) is 6.21. The van der Waals surface area contributed by atoms with Crippen LogP contribution in [0.1, 0.15) is 50.4 Å². The maximum Gasteiger partial charge on any atom is 0.162 e. The van der Waals surface area contributed by atoms with Gasteiger partial charge in [-0.25, -0.2) is 0 Å². The average Bonchev–Trinajstić information content (AvgIpc) is 2.63. The number of ketones is 1. The van der Waals surface area contributed by atoms with E-state index in [4.69, 9.17) is 0 Å². The van der Waals surface area contributed by atoms with Crippen LogP contribution in [0.4, 0.5) is 5.69 Å². The molecule has 102 valence electrons. The molecule has 2 heteroatoms. The zero-order chi connectivity index (χ0) is 14.0. The topological polar surface area (TPSA) is 20.3 Å². The standard InChI is InChI=1S/C17H23NO/c1-5-6-16(19)14-7-9-15(10-8-14)18-12-17(3,4)11-13(18)2/h7-10H,2,5-6,11-12H2,1,3-4H3. The second-order valence-electron chi connectivity index (χ2n) is 6.21. The molecule has 0 spiro atoms. The first kappa shape index (κ1) is 13.9. The lowest BCUT2D eigenvalue weighted by Gasteiger charge is -2.22. The SMILES string of the molecule is C=C1CC(C)(C)CN1c1ccc(C(=O)CCC)cc1. The van der Waals surface area contributed by atoms with Crippen molar-refractivity contribution in [2.75, 3.05) is 11.4 Å². The summed E-state index contributed by atoms with van der Waals surface area (Å²) in [6.07, 6.45) is 2.56. The molecular weight excluding hydrogens is 234 g/mol. The van der Waals surface area contributed by atoms with Gasteiger partial charge < -0.3 is 4.90 Å². The molecule has 1 aliphatic heterocycles. The Morgan fingerprint density at radius 2 is 1.95 bits per heavy atom. The Morgan fingerprint density at radius 3 is 2.42 bits per heavy atom. The largest absolute Gasteiger partial charge is 0.345 e. The molecule has 1 fully saturated rings. The van der Waals surface area contributed by atoms with Crippen molar-refractivity contribution in [3.8, 4) is 0 Å². The van der Waals surface area contributed by atoms with Crippen LogP contribution in [-0.2, 0) is 0 Å². The quantitative estimate of drug-likeness (QED) is 0.744. The van der Waals surface area contributed by atoms with Crippen molar-refractivity contribution in [1.82, 2.24) is 0 Å². The van der Waals surface area contributed by atoms with Crippen LogP contribution < -0.4 is 4.90 Å². The fourth-order valence-electron chi connectivity index (χ4n) is 2.72. The number of rotatable bonds is 4. The van der Waals surface area contributed by atoms with E-state index >= 15 is 0 Å². The summed E-state index contributed by atoms with van der Waals surface area (Å²) in [4.78, 5) is 14.1. The molecule has 19 heavy (non-hydrogen) atoms. The minimum Gasteiger partial charge on any atom is -0.345 e. The predicted molar refractivity (Wildman–Crippen MR) is 80.6 cm³/mol. The first-order valence-corrected chi connectivity index (χ1v) is 7.01. The highest BCUT2D eigenvalue weighted by Crippen LogP contribution is 2.38. The zero-order valence-corrected chi connectivity index (χ0v) is 12.2. The molecule has 0 saturated carbocycles. The van der Waals surface area contributed by atoms with Crippen LogP contribution in [0.2, 0.25) is 0 Å². The number of hydrogen-bond donors (Lipinski definition) is 0. The first-order valence-electron chi connectivity index (χ1n) is 7.01. The number of carbonyl (C=O) groups is 1. The molecule has 0 aromatic heterocycles. The molecule has 0 aliphatic carbocycles. The lowest BCUT2D eigenvalue weighted by molar-refractivity contribution is 0.0982. The fourth-order valence-corrected chi connectivity index (χ4v) is 2.72. The number of anilines is 1. The Balaban J connectivity index is 2.15. The third kappa shape index (κ3) is 3.06. The van der Waals surface area contributed by atoms with Gasteiger partial charge in [0.1, 0.15) is 0 Å². The summed E-state index contributed by atoms with van der Waals surface area (Å²) < 4.78 is 0. The summed E-state index contributed by atoms with van der Waals surface area (Å²) in [5.41, 5.74) is 3.41. The van der Waals surface area contributed by atoms with Crippen molar-refractivity contribution < 1.29 is 4.79 Å². The number of Topliss-reactive ketones (excluding diaryl/α,β-unsaturated/α-hetero) is 1. The van der Waals surface area contributed by atoms with E-state index in [1.807, 2.05) is 31.2 Å². The van der Waals surface area contributed by atoms with E-state index < -0.39 is 0 Å². The molecule has 1 aliphatic rings. The van der Waals surface area contributed by atoms with Gasteiger partial charge in [0.15, 0.2) is 5.78 Å². The molecule has 0 amide bonds. The van der Waals surface area contributed by atoms with Gasteiger partial charge in [0.05, 0.1) is 0 Å². The molecule has 0 unspecified atom stereocenters. The molecule has 2 rings (SSSR count). The minimum atomic E-state index is 0.231. The van der Waals surface area contributed by atoms with Gasteiger partial charge in [-0.3, -0.25) is 4.79 Å². The highest BCUT2D eigenvalue weighted by Gasteiger charge is 2.32. The minimum absolute atomic E-state index is 0.231. The van der Waals surface area contributed by atoms with Crippen molar-refractivity contribution in [1.29, 1.82) is 0 Å². The van der Waals surface area contributed by atoms with E-state index in [2.05, 4.69) is 25.3 Å². The Morgan fingerprint density at radius 1 is 1.32 bits per heavy atom. The van der Waals surface area contributed by atoms with Crippen LogP contribution in [0.25, 0.3) is 0 Å². The van der Waals surface area contributed by atoms with Gasteiger partial charge in [-0.15, -0.1) is 0 Å². The van der Waals surface area contributed by atoms with Gasteiger partial charge in [-0.05, 0) is 42.5 Å². The molecule has 1 aromatic carbocycles.